The van der Waals surface area contributed by atoms with Crippen LogP contribution >= 0.6 is 0 Å². The molecule has 180 valence electrons. The Morgan fingerprint density at radius 3 is 2.61 bits per heavy atom. The quantitative estimate of drug-likeness (QED) is 0.269. The Morgan fingerprint density at radius 1 is 1.09 bits per heavy atom. The standard InChI is InChI=1S/C27H36O6/c1-15(28)33-17-9-11-26(2)16(13-17)5-6-18-20-7-8-21(27(20,3)12-10-22(18)26)19-14-32-25(30)23(19)24(29)31-4/h5,17-18,20-22H,6-14H2,1-4H3/t17-,18-,20+,21+,22-,26-,27-/m0/s1. The second-order valence-corrected chi connectivity index (χ2v) is 11.4. The number of carbonyl (C=O) groups excluding carboxylic acids is 3. The Balaban J connectivity index is 1.42. The maximum absolute atomic E-state index is 12.4. The Kier molecular flexibility index (Phi) is 5.49. The Labute approximate surface area is 196 Å². The monoisotopic (exact) mass is 456 g/mol. The van der Waals surface area contributed by atoms with E-state index in [9.17, 15) is 14.4 Å². The molecule has 7 atom stereocenters. The number of esters is 3. The molecule has 0 radical (unpaired) electrons. The van der Waals surface area contributed by atoms with E-state index in [0.717, 1.165) is 56.9 Å². The SMILES string of the molecule is COC(=O)C1=C([C@H]2CC[C@@H]3[C@@H]4CC=C5C[C@@H](OC(C)=O)CC[C@]5(C)[C@H]4CC[C@]23C)COC1=O. The normalized spacial score (nSPS) is 42.0. The lowest BCUT2D eigenvalue weighted by Gasteiger charge is -2.58. The first-order valence-corrected chi connectivity index (χ1v) is 12.5. The maximum Gasteiger partial charge on any atom is 0.345 e. The molecule has 1 aliphatic heterocycles. The van der Waals surface area contributed by atoms with Crippen molar-refractivity contribution in [3.8, 4) is 0 Å². The molecular weight excluding hydrogens is 420 g/mol. The molecule has 0 aromatic rings. The minimum absolute atomic E-state index is 0.0201. The van der Waals surface area contributed by atoms with Gasteiger partial charge in [-0.3, -0.25) is 4.79 Å². The second-order valence-electron chi connectivity index (χ2n) is 11.4. The van der Waals surface area contributed by atoms with Crippen LogP contribution in [0.25, 0.3) is 0 Å². The lowest BCUT2D eigenvalue weighted by molar-refractivity contribution is -0.149. The predicted molar refractivity (Wildman–Crippen MR) is 121 cm³/mol. The highest BCUT2D eigenvalue weighted by molar-refractivity contribution is 6.16. The van der Waals surface area contributed by atoms with Crippen molar-refractivity contribution in [2.45, 2.75) is 78.2 Å². The molecule has 0 bridgehead atoms. The van der Waals surface area contributed by atoms with Crippen LogP contribution in [0.2, 0.25) is 0 Å². The summed E-state index contributed by atoms with van der Waals surface area (Å²) in [5.41, 5.74) is 2.76. The van der Waals surface area contributed by atoms with E-state index in [4.69, 9.17) is 14.2 Å². The second kappa shape index (κ2) is 7.99. The van der Waals surface area contributed by atoms with Gasteiger partial charge in [0.15, 0.2) is 0 Å². The van der Waals surface area contributed by atoms with Crippen LogP contribution in [-0.2, 0) is 28.6 Å². The molecule has 0 unspecified atom stereocenters. The summed E-state index contributed by atoms with van der Waals surface area (Å²) >= 11 is 0. The number of hydrogen-bond acceptors (Lipinski definition) is 6. The van der Waals surface area contributed by atoms with Crippen molar-refractivity contribution in [3.05, 3.63) is 22.8 Å². The van der Waals surface area contributed by atoms with E-state index >= 15 is 0 Å². The summed E-state index contributed by atoms with van der Waals surface area (Å²) in [4.78, 5) is 36.1. The van der Waals surface area contributed by atoms with Crippen molar-refractivity contribution in [2.24, 2.45) is 34.5 Å². The van der Waals surface area contributed by atoms with Gasteiger partial charge in [-0.15, -0.1) is 0 Å². The van der Waals surface area contributed by atoms with E-state index in [1.54, 1.807) is 0 Å². The third-order valence-electron chi connectivity index (χ3n) is 10.1. The minimum Gasteiger partial charge on any atom is -0.465 e. The summed E-state index contributed by atoms with van der Waals surface area (Å²) in [6, 6.07) is 0. The first-order valence-electron chi connectivity index (χ1n) is 12.5. The Hall–Kier alpha value is -2.11. The van der Waals surface area contributed by atoms with Crippen LogP contribution in [0.3, 0.4) is 0 Å². The molecule has 5 aliphatic rings. The van der Waals surface area contributed by atoms with E-state index in [2.05, 4.69) is 19.9 Å². The van der Waals surface area contributed by atoms with E-state index in [1.165, 1.54) is 19.6 Å². The molecule has 0 aromatic heterocycles. The number of carbonyl (C=O) groups is 3. The first-order chi connectivity index (χ1) is 15.7. The van der Waals surface area contributed by atoms with Gasteiger partial charge >= 0.3 is 17.9 Å². The van der Waals surface area contributed by atoms with E-state index in [-0.39, 0.29) is 41.0 Å². The molecule has 0 N–H and O–H groups in total. The number of rotatable bonds is 3. The highest BCUT2D eigenvalue weighted by Gasteiger charge is 2.60. The van der Waals surface area contributed by atoms with Crippen molar-refractivity contribution in [1.82, 2.24) is 0 Å². The van der Waals surface area contributed by atoms with E-state index in [0.29, 0.717) is 17.8 Å². The molecule has 5 rings (SSSR count). The van der Waals surface area contributed by atoms with Gasteiger partial charge in [-0.25, -0.2) is 9.59 Å². The lowest BCUT2D eigenvalue weighted by Crippen LogP contribution is -2.50. The average Bonchev–Trinajstić information content (AvgIpc) is 3.32. The number of cyclic esters (lactones) is 1. The van der Waals surface area contributed by atoms with Gasteiger partial charge in [0.25, 0.3) is 0 Å². The fourth-order valence-corrected chi connectivity index (χ4v) is 8.55. The number of methoxy groups -OCH3 is 1. The van der Waals surface area contributed by atoms with Crippen LogP contribution < -0.4 is 0 Å². The molecule has 4 aliphatic carbocycles. The Bertz CT molecular complexity index is 946. The number of hydrogen-bond donors (Lipinski definition) is 0. The molecule has 1 heterocycles. The van der Waals surface area contributed by atoms with Crippen molar-refractivity contribution in [3.63, 3.8) is 0 Å². The molecule has 3 saturated carbocycles. The third kappa shape index (κ3) is 3.38. The number of allylic oxidation sites excluding steroid dienone is 1. The Morgan fingerprint density at radius 2 is 1.88 bits per heavy atom. The zero-order chi connectivity index (χ0) is 23.5. The van der Waals surface area contributed by atoms with Crippen LogP contribution in [0.15, 0.2) is 22.8 Å². The maximum atomic E-state index is 12.4. The van der Waals surface area contributed by atoms with Crippen LogP contribution in [0, 0.1) is 34.5 Å². The highest BCUT2D eigenvalue weighted by atomic mass is 16.6. The van der Waals surface area contributed by atoms with E-state index < -0.39 is 11.9 Å². The summed E-state index contributed by atoms with van der Waals surface area (Å²) in [5.74, 6) is 0.760. The molecule has 0 spiro atoms. The van der Waals surface area contributed by atoms with Crippen molar-refractivity contribution in [1.29, 1.82) is 0 Å². The van der Waals surface area contributed by atoms with Gasteiger partial charge in [0.05, 0.1) is 7.11 Å². The zero-order valence-electron chi connectivity index (χ0n) is 20.3. The first kappa shape index (κ1) is 22.7. The van der Waals surface area contributed by atoms with E-state index in [1.807, 2.05) is 0 Å². The smallest absolute Gasteiger partial charge is 0.345 e. The molecule has 33 heavy (non-hydrogen) atoms. The van der Waals surface area contributed by atoms with Crippen LogP contribution in [0.4, 0.5) is 0 Å². The molecule has 0 amide bonds. The van der Waals surface area contributed by atoms with Gasteiger partial charge < -0.3 is 14.2 Å². The van der Waals surface area contributed by atoms with Gasteiger partial charge in [0.1, 0.15) is 18.3 Å². The summed E-state index contributed by atoms with van der Waals surface area (Å²) < 4.78 is 15.8. The van der Waals surface area contributed by atoms with Gasteiger partial charge in [-0.2, -0.15) is 0 Å². The highest BCUT2D eigenvalue weighted by Crippen LogP contribution is 2.67. The van der Waals surface area contributed by atoms with Crippen molar-refractivity contribution in [2.75, 3.05) is 13.7 Å². The van der Waals surface area contributed by atoms with Crippen LogP contribution in [-0.4, -0.2) is 37.7 Å². The number of ether oxygens (including phenoxy) is 3. The lowest BCUT2D eigenvalue weighted by atomic mass is 9.47. The van der Waals surface area contributed by atoms with Gasteiger partial charge in [-0.05, 0) is 85.0 Å². The summed E-state index contributed by atoms with van der Waals surface area (Å²) in [5, 5.41) is 0. The summed E-state index contributed by atoms with van der Waals surface area (Å²) in [6.45, 7) is 6.55. The average molecular weight is 457 g/mol. The van der Waals surface area contributed by atoms with Crippen molar-refractivity contribution >= 4 is 17.9 Å². The molecule has 0 saturated heterocycles. The summed E-state index contributed by atoms with van der Waals surface area (Å²) in [6.07, 6.45) is 10.8. The van der Waals surface area contributed by atoms with Crippen molar-refractivity contribution < 1.29 is 28.6 Å². The largest absolute Gasteiger partial charge is 0.465 e. The molecule has 6 heteroatoms. The predicted octanol–water partition coefficient (Wildman–Crippen LogP) is 4.52. The minimum atomic E-state index is -0.560. The molecule has 3 fully saturated rings. The fourth-order valence-electron chi connectivity index (χ4n) is 8.55. The fraction of sp³-hybridized carbons (Fsp3) is 0.741. The molecular formula is C27H36O6. The molecule has 6 nitrogen and oxygen atoms in total. The van der Waals surface area contributed by atoms with Gasteiger partial charge in [0.2, 0.25) is 0 Å². The van der Waals surface area contributed by atoms with Crippen LogP contribution in [0.5, 0.6) is 0 Å². The van der Waals surface area contributed by atoms with Crippen LogP contribution in [0.1, 0.15) is 72.1 Å². The molecule has 0 aromatic carbocycles. The van der Waals surface area contributed by atoms with Gasteiger partial charge in [0, 0.05) is 13.3 Å². The van der Waals surface area contributed by atoms with Gasteiger partial charge in [-0.1, -0.05) is 25.5 Å². The summed E-state index contributed by atoms with van der Waals surface area (Å²) in [7, 11) is 1.33. The third-order valence-corrected chi connectivity index (χ3v) is 10.1. The topological polar surface area (TPSA) is 78.9 Å². The zero-order valence-corrected chi connectivity index (χ0v) is 20.3. The number of fused-ring (bicyclic) bond motifs is 5.